The molecule has 0 amide bonds. The largest absolute Gasteiger partial charge is 0.376 e. The molecule has 3 nitrogen and oxygen atoms in total. The van der Waals surface area contributed by atoms with E-state index < -0.39 is 0 Å². The first-order valence-corrected chi connectivity index (χ1v) is 7.92. The van der Waals surface area contributed by atoms with E-state index in [1.807, 2.05) is 7.11 Å². The van der Waals surface area contributed by atoms with E-state index in [-0.39, 0.29) is 11.6 Å². The molecule has 110 valence electrons. The quantitative estimate of drug-likeness (QED) is 0.466. The summed E-state index contributed by atoms with van der Waals surface area (Å²) in [6.07, 6.45) is 13.6. The van der Waals surface area contributed by atoms with Crippen molar-refractivity contribution in [3.8, 4) is 0 Å². The lowest BCUT2D eigenvalue weighted by Gasteiger charge is -2.45. The van der Waals surface area contributed by atoms with Gasteiger partial charge < -0.3 is 4.74 Å². The monoisotopic (exact) mass is 266 g/mol. The molecule has 3 unspecified atom stereocenters. The van der Waals surface area contributed by atoms with E-state index in [2.05, 4.69) is 18.4 Å². The second kappa shape index (κ2) is 6.87. The molecule has 19 heavy (non-hydrogen) atoms. The predicted octanol–water partition coefficient (Wildman–Crippen LogP) is 3.30. The summed E-state index contributed by atoms with van der Waals surface area (Å²) >= 11 is 0. The van der Waals surface area contributed by atoms with Gasteiger partial charge in [0.05, 0.1) is 11.6 Å². The number of ether oxygens (including phenoxy) is 1. The molecule has 0 radical (unpaired) electrons. The zero-order valence-corrected chi connectivity index (χ0v) is 12.6. The van der Waals surface area contributed by atoms with Crippen LogP contribution in [0.4, 0.5) is 0 Å². The Bertz CT molecular complexity index is 316. The predicted molar refractivity (Wildman–Crippen MR) is 79.7 cm³/mol. The van der Waals surface area contributed by atoms with Crippen LogP contribution in [0.15, 0.2) is 11.6 Å². The maximum Gasteiger partial charge on any atom is 0.0884 e. The van der Waals surface area contributed by atoms with Crippen molar-refractivity contribution >= 4 is 0 Å². The summed E-state index contributed by atoms with van der Waals surface area (Å²) in [5.74, 6) is 6.65. The van der Waals surface area contributed by atoms with E-state index in [9.17, 15) is 0 Å². The maximum absolute atomic E-state index is 6.01. The first-order valence-electron chi connectivity index (χ1n) is 7.92. The molecule has 3 N–H and O–H groups in total. The molecule has 2 aliphatic rings. The zero-order chi connectivity index (χ0) is 13.7. The lowest BCUT2D eigenvalue weighted by molar-refractivity contribution is -0.0714. The van der Waals surface area contributed by atoms with E-state index in [0.29, 0.717) is 0 Å². The number of hydrogen-bond acceptors (Lipinski definition) is 3. The van der Waals surface area contributed by atoms with Crippen molar-refractivity contribution in [1.82, 2.24) is 5.43 Å². The van der Waals surface area contributed by atoms with Gasteiger partial charge in [-0.05, 0) is 44.4 Å². The molecule has 0 aromatic rings. The molecule has 0 aliphatic heterocycles. The van der Waals surface area contributed by atoms with Crippen LogP contribution < -0.4 is 11.3 Å². The van der Waals surface area contributed by atoms with E-state index in [1.165, 1.54) is 50.5 Å². The zero-order valence-electron chi connectivity index (χ0n) is 12.6. The van der Waals surface area contributed by atoms with Crippen molar-refractivity contribution in [3.63, 3.8) is 0 Å². The van der Waals surface area contributed by atoms with Crippen LogP contribution in [-0.4, -0.2) is 18.8 Å². The Morgan fingerprint density at radius 1 is 1.37 bits per heavy atom. The number of hydrogen-bond donors (Lipinski definition) is 2. The third kappa shape index (κ3) is 3.39. The van der Waals surface area contributed by atoms with Crippen LogP contribution in [0.3, 0.4) is 0 Å². The number of nitrogens with one attached hydrogen (secondary N) is 1. The van der Waals surface area contributed by atoms with Gasteiger partial charge in [0.1, 0.15) is 0 Å². The Balaban J connectivity index is 2.19. The second-order valence-electron chi connectivity index (χ2n) is 6.45. The van der Waals surface area contributed by atoms with Crippen LogP contribution in [0.2, 0.25) is 0 Å². The summed E-state index contributed by atoms with van der Waals surface area (Å²) in [5, 5.41) is 0. The van der Waals surface area contributed by atoms with Crippen molar-refractivity contribution < 1.29 is 4.74 Å². The molecule has 1 fully saturated rings. The fraction of sp³-hybridized carbons (Fsp3) is 0.875. The molecule has 1 saturated carbocycles. The Hall–Kier alpha value is -0.380. The number of methoxy groups -OCH3 is 1. The van der Waals surface area contributed by atoms with Crippen molar-refractivity contribution in [2.24, 2.45) is 11.8 Å². The van der Waals surface area contributed by atoms with E-state index >= 15 is 0 Å². The minimum absolute atomic E-state index is 0.0947. The minimum atomic E-state index is -0.0947. The van der Waals surface area contributed by atoms with E-state index in [0.717, 1.165) is 18.8 Å². The highest BCUT2D eigenvalue weighted by Crippen LogP contribution is 2.40. The van der Waals surface area contributed by atoms with Gasteiger partial charge >= 0.3 is 0 Å². The maximum atomic E-state index is 6.01. The Labute approximate surface area is 117 Å². The summed E-state index contributed by atoms with van der Waals surface area (Å²) < 4.78 is 6.01. The third-order valence-corrected chi connectivity index (χ3v) is 5.04. The van der Waals surface area contributed by atoms with Crippen LogP contribution in [0.25, 0.3) is 0 Å². The highest BCUT2D eigenvalue weighted by molar-refractivity contribution is 5.19. The van der Waals surface area contributed by atoms with Gasteiger partial charge in [0, 0.05) is 7.11 Å². The number of nitrogens with two attached hydrogens (primary N) is 1. The van der Waals surface area contributed by atoms with Crippen molar-refractivity contribution in [1.29, 1.82) is 0 Å². The molecule has 0 spiro atoms. The Morgan fingerprint density at radius 3 is 2.89 bits per heavy atom. The lowest BCUT2D eigenvalue weighted by Crippen LogP contribution is -2.57. The normalized spacial score (nSPS) is 34.5. The highest BCUT2D eigenvalue weighted by atomic mass is 16.5. The Kier molecular flexibility index (Phi) is 5.43. The van der Waals surface area contributed by atoms with E-state index in [4.69, 9.17) is 10.6 Å². The van der Waals surface area contributed by atoms with Crippen LogP contribution in [0.1, 0.15) is 64.7 Å². The topological polar surface area (TPSA) is 47.3 Å². The third-order valence-electron chi connectivity index (χ3n) is 5.04. The molecule has 2 aliphatic carbocycles. The van der Waals surface area contributed by atoms with Gasteiger partial charge in [-0.3, -0.25) is 11.3 Å². The fourth-order valence-electron chi connectivity index (χ4n) is 4.01. The van der Waals surface area contributed by atoms with Crippen LogP contribution in [-0.2, 0) is 4.74 Å². The molecular formula is C16H30N2O. The molecule has 0 aromatic carbocycles. The smallest absolute Gasteiger partial charge is 0.0884 e. The van der Waals surface area contributed by atoms with Gasteiger partial charge in [0.15, 0.2) is 0 Å². The minimum Gasteiger partial charge on any atom is -0.376 e. The fourth-order valence-corrected chi connectivity index (χ4v) is 4.01. The van der Waals surface area contributed by atoms with Gasteiger partial charge in [-0.1, -0.05) is 37.8 Å². The number of rotatable bonds is 4. The first-order chi connectivity index (χ1) is 9.22. The average Bonchev–Trinajstić information content (AvgIpc) is 2.69. The van der Waals surface area contributed by atoms with Crippen molar-refractivity contribution in [3.05, 3.63) is 11.6 Å². The highest BCUT2D eigenvalue weighted by Gasteiger charge is 2.43. The number of hydrazine groups is 1. The van der Waals surface area contributed by atoms with Crippen molar-refractivity contribution in [2.45, 2.75) is 76.4 Å². The van der Waals surface area contributed by atoms with E-state index in [1.54, 1.807) is 0 Å². The molecule has 0 heterocycles. The van der Waals surface area contributed by atoms with Crippen molar-refractivity contribution in [2.75, 3.05) is 7.11 Å². The second-order valence-corrected chi connectivity index (χ2v) is 6.45. The average molecular weight is 266 g/mol. The SMILES string of the molecule is COC1(C(NN)C2=CCCCCC2)CCCC(C)C1. The number of allylic oxidation sites excluding steroid dienone is 1. The molecule has 0 saturated heterocycles. The van der Waals surface area contributed by atoms with Gasteiger partial charge in [-0.2, -0.15) is 0 Å². The van der Waals surface area contributed by atoms with Gasteiger partial charge in [-0.25, -0.2) is 0 Å². The molecule has 3 heteroatoms. The van der Waals surface area contributed by atoms with Gasteiger partial charge in [-0.15, -0.1) is 0 Å². The lowest BCUT2D eigenvalue weighted by atomic mass is 9.72. The van der Waals surface area contributed by atoms with Gasteiger partial charge in [0.2, 0.25) is 0 Å². The molecule has 2 rings (SSSR count). The summed E-state index contributed by atoms with van der Waals surface area (Å²) in [7, 11) is 1.86. The molecular weight excluding hydrogens is 236 g/mol. The Morgan fingerprint density at radius 2 is 2.21 bits per heavy atom. The van der Waals surface area contributed by atoms with Gasteiger partial charge in [0.25, 0.3) is 0 Å². The molecule has 0 bridgehead atoms. The molecule has 0 aromatic heterocycles. The van der Waals surface area contributed by atoms with Crippen LogP contribution >= 0.6 is 0 Å². The first kappa shape index (κ1) is 15.0. The van der Waals surface area contributed by atoms with Crippen LogP contribution in [0.5, 0.6) is 0 Å². The summed E-state index contributed by atoms with van der Waals surface area (Å²) in [5.41, 5.74) is 4.48. The summed E-state index contributed by atoms with van der Waals surface area (Å²) in [4.78, 5) is 0. The molecule has 3 atom stereocenters. The van der Waals surface area contributed by atoms with Crippen LogP contribution in [0, 0.1) is 5.92 Å². The summed E-state index contributed by atoms with van der Waals surface area (Å²) in [6, 6.07) is 0.193. The summed E-state index contributed by atoms with van der Waals surface area (Å²) in [6.45, 7) is 2.34. The standard InChI is InChI=1S/C16H30N2O/c1-13-8-7-11-16(12-13,19-2)15(18-17)14-9-5-3-4-6-10-14/h9,13,15,18H,3-8,10-12,17H2,1-2H3.